The average molecular weight is 710 g/mol. The van der Waals surface area contributed by atoms with Crippen LogP contribution in [0.3, 0.4) is 0 Å². The van der Waals surface area contributed by atoms with E-state index in [1.807, 2.05) is 13.0 Å². The van der Waals surface area contributed by atoms with Crippen LogP contribution in [0.5, 0.6) is 11.5 Å². The number of amides is 1. The molecular formula is C38H36F5N3O5. The van der Waals surface area contributed by atoms with E-state index in [1.165, 1.54) is 18.2 Å². The van der Waals surface area contributed by atoms with E-state index in [0.717, 1.165) is 16.3 Å². The van der Waals surface area contributed by atoms with Gasteiger partial charge < -0.3 is 14.8 Å². The van der Waals surface area contributed by atoms with Crippen molar-refractivity contribution < 1.29 is 41.0 Å². The quantitative estimate of drug-likeness (QED) is 0.164. The second-order valence-corrected chi connectivity index (χ2v) is 12.9. The van der Waals surface area contributed by atoms with E-state index in [-0.39, 0.29) is 60.7 Å². The molecule has 1 saturated heterocycles. The molecule has 13 heteroatoms. The number of hydrogen-bond acceptors (Lipinski definition) is 6. The molecule has 51 heavy (non-hydrogen) atoms. The number of nitrogens with zero attached hydrogens (tertiary/aromatic N) is 2. The van der Waals surface area contributed by atoms with Crippen molar-refractivity contribution in [2.75, 3.05) is 26.2 Å². The number of rotatable bonds is 7. The minimum absolute atomic E-state index is 0.0213. The van der Waals surface area contributed by atoms with Gasteiger partial charge in [-0.3, -0.25) is 23.9 Å². The van der Waals surface area contributed by atoms with Crippen LogP contribution in [0, 0.1) is 19.7 Å². The number of hydrogen-bond donors (Lipinski definition) is 1. The SMILES string of the molecule is CCOC(=O)C[C@@H]1NC(=O)[C@@H](n2cc(CCN3CC(F)C3)c(C(F)(F)F)cc2=O)c2cccc(c2)Oc2cccc(C)c2-c2cc(C)c(F)c1c2. The first kappa shape index (κ1) is 35.8. The Morgan fingerprint density at radius 3 is 2.47 bits per heavy atom. The lowest BCUT2D eigenvalue weighted by atomic mass is 9.92. The molecule has 2 aliphatic heterocycles. The van der Waals surface area contributed by atoms with Crippen LogP contribution in [0.2, 0.25) is 0 Å². The van der Waals surface area contributed by atoms with Gasteiger partial charge in [0, 0.05) is 43.0 Å². The molecule has 3 heterocycles. The summed E-state index contributed by atoms with van der Waals surface area (Å²) in [7, 11) is 0. The van der Waals surface area contributed by atoms with E-state index >= 15 is 4.39 Å². The van der Waals surface area contributed by atoms with Crippen LogP contribution in [-0.2, 0) is 26.9 Å². The Morgan fingerprint density at radius 1 is 1.02 bits per heavy atom. The van der Waals surface area contributed by atoms with Gasteiger partial charge in [0.1, 0.15) is 29.5 Å². The summed E-state index contributed by atoms with van der Waals surface area (Å²) >= 11 is 0. The highest BCUT2D eigenvalue weighted by Crippen LogP contribution is 2.40. The maximum atomic E-state index is 16.1. The van der Waals surface area contributed by atoms with Crippen molar-refractivity contribution in [2.45, 2.75) is 58.0 Å². The van der Waals surface area contributed by atoms with Crippen LogP contribution in [0.25, 0.3) is 11.1 Å². The lowest BCUT2D eigenvalue weighted by Crippen LogP contribution is -2.49. The average Bonchev–Trinajstić information content (AvgIpc) is 3.04. The zero-order valence-corrected chi connectivity index (χ0v) is 28.2. The molecule has 1 aromatic heterocycles. The minimum Gasteiger partial charge on any atom is -0.466 e. The monoisotopic (exact) mass is 709 g/mol. The number of fused-ring (bicyclic) bond motifs is 6. The number of likely N-dealkylation sites (tertiary alicyclic amines) is 1. The fourth-order valence-corrected chi connectivity index (χ4v) is 6.70. The fourth-order valence-electron chi connectivity index (χ4n) is 6.70. The molecule has 1 fully saturated rings. The molecule has 4 aromatic rings. The molecule has 1 amide bonds. The molecule has 1 N–H and O–H groups in total. The van der Waals surface area contributed by atoms with Crippen molar-refractivity contribution in [1.82, 2.24) is 14.8 Å². The zero-order chi connectivity index (χ0) is 36.6. The van der Waals surface area contributed by atoms with Gasteiger partial charge in [-0.1, -0.05) is 24.3 Å². The summed E-state index contributed by atoms with van der Waals surface area (Å²) in [5.74, 6) is -1.66. The Morgan fingerprint density at radius 2 is 1.76 bits per heavy atom. The summed E-state index contributed by atoms with van der Waals surface area (Å²) in [5, 5.41) is 2.73. The zero-order valence-electron chi connectivity index (χ0n) is 28.2. The number of aryl methyl sites for hydroxylation is 2. The number of benzene rings is 3. The smallest absolute Gasteiger partial charge is 0.416 e. The van der Waals surface area contributed by atoms with Gasteiger partial charge in [-0.15, -0.1) is 0 Å². The fraction of sp³-hybridized carbons (Fsp3) is 0.342. The number of halogens is 5. The lowest BCUT2D eigenvalue weighted by molar-refractivity contribution is -0.144. The van der Waals surface area contributed by atoms with Gasteiger partial charge >= 0.3 is 12.1 Å². The number of pyridine rings is 1. The maximum Gasteiger partial charge on any atom is 0.416 e. The van der Waals surface area contributed by atoms with Crippen molar-refractivity contribution in [2.24, 2.45) is 0 Å². The predicted molar refractivity (Wildman–Crippen MR) is 179 cm³/mol. The second-order valence-electron chi connectivity index (χ2n) is 12.9. The highest BCUT2D eigenvalue weighted by molar-refractivity contribution is 5.85. The first-order valence-electron chi connectivity index (χ1n) is 16.6. The Kier molecular flexibility index (Phi) is 10.0. The first-order valence-corrected chi connectivity index (χ1v) is 16.6. The summed E-state index contributed by atoms with van der Waals surface area (Å²) in [6.07, 6.45) is -5.62. The maximum absolute atomic E-state index is 16.1. The molecule has 0 unspecified atom stereocenters. The normalized spacial score (nSPS) is 17.9. The number of aromatic nitrogens is 1. The number of carbonyl (C=O) groups excluding carboxylic acids is 2. The Labute approximate surface area is 290 Å². The summed E-state index contributed by atoms with van der Waals surface area (Å²) in [6, 6.07) is 12.3. The summed E-state index contributed by atoms with van der Waals surface area (Å²) in [5.41, 5.74) is -0.217. The Balaban J connectivity index is 1.55. The van der Waals surface area contributed by atoms with Crippen molar-refractivity contribution >= 4 is 11.9 Å². The molecule has 6 rings (SSSR count). The molecule has 0 radical (unpaired) electrons. The molecule has 0 aliphatic carbocycles. The molecule has 0 spiro atoms. The van der Waals surface area contributed by atoms with Gasteiger partial charge in [0.05, 0.1) is 24.6 Å². The lowest BCUT2D eigenvalue weighted by Gasteiger charge is -2.34. The highest BCUT2D eigenvalue weighted by Gasteiger charge is 2.37. The molecule has 2 atom stereocenters. The second kappa shape index (κ2) is 14.3. The van der Waals surface area contributed by atoms with Gasteiger partial charge in [0.15, 0.2) is 0 Å². The van der Waals surface area contributed by atoms with Crippen molar-refractivity contribution in [3.05, 3.63) is 116 Å². The topological polar surface area (TPSA) is 89.9 Å². The standard InChI is InChI=1S/C38H36F5N3O5/c1-4-50-33(48)17-30-28-15-25(13-22(3)35(28)40)34-21(2)7-5-10-31(34)51-27-9-6-8-23(14-27)36(37(49)44-30)46-18-24(11-12-45-19-26(39)20-45)29(16-32(46)47)38(41,42)43/h5-10,13-16,18,26,30,36H,4,11-12,17,19-20H2,1-3H3,(H,44,49)/t30-,36-/m0/s1. The molecule has 8 nitrogen and oxygen atoms in total. The molecule has 3 aromatic carbocycles. The van der Waals surface area contributed by atoms with Crippen LogP contribution < -0.4 is 15.6 Å². The van der Waals surface area contributed by atoms with Crippen molar-refractivity contribution in [3.63, 3.8) is 0 Å². The number of ether oxygens (including phenoxy) is 2. The van der Waals surface area contributed by atoms with Gasteiger partial charge in [-0.25, -0.2) is 8.78 Å². The van der Waals surface area contributed by atoms with Crippen LogP contribution in [0.4, 0.5) is 22.0 Å². The summed E-state index contributed by atoms with van der Waals surface area (Å²) in [6.45, 7) is 5.29. The van der Waals surface area contributed by atoms with Crippen molar-refractivity contribution in [3.8, 4) is 22.6 Å². The van der Waals surface area contributed by atoms with Gasteiger partial charge in [0.2, 0.25) is 5.91 Å². The number of alkyl halides is 4. The molecule has 2 aliphatic rings. The first-order chi connectivity index (χ1) is 24.2. The summed E-state index contributed by atoms with van der Waals surface area (Å²) in [4.78, 5) is 42.6. The Bertz CT molecular complexity index is 2040. The van der Waals surface area contributed by atoms with E-state index in [2.05, 4.69) is 5.32 Å². The van der Waals surface area contributed by atoms with E-state index in [4.69, 9.17) is 9.47 Å². The highest BCUT2D eigenvalue weighted by atomic mass is 19.4. The van der Waals surface area contributed by atoms with E-state index < -0.39 is 59.7 Å². The van der Waals surface area contributed by atoms with Gasteiger partial charge in [-0.05, 0) is 85.3 Å². The number of carbonyl (C=O) groups is 2. The Hall–Kier alpha value is -5.04. The molecule has 4 bridgehead atoms. The van der Waals surface area contributed by atoms with Crippen LogP contribution in [0.1, 0.15) is 58.8 Å². The van der Waals surface area contributed by atoms with Crippen LogP contribution in [-0.4, -0.2) is 53.8 Å². The molecule has 0 saturated carbocycles. The van der Waals surface area contributed by atoms with Gasteiger partial charge in [-0.2, -0.15) is 13.2 Å². The number of esters is 1. The third kappa shape index (κ3) is 7.53. The molecular weight excluding hydrogens is 673 g/mol. The third-order valence-corrected chi connectivity index (χ3v) is 9.18. The number of nitrogens with one attached hydrogen (secondary N) is 1. The van der Waals surface area contributed by atoms with E-state index in [1.54, 1.807) is 49.1 Å². The van der Waals surface area contributed by atoms with Crippen molar-refractivity contribution in [1.29, 1.82) is 0 Å². The minimum atomic E-state index is -4.89. The third-order valence-electron chi connectivity index (χ3n) is 9.18. The predicted octanol–water partition coefficient (Wildman–Crippen LogP) is 6.99. The van der Waals surface area contributed by atoms with Gasteiger partial charge in [0.25, 0.3) is 5.56 Å². The molecule has 268 valence electrons. The summed E-state index contributed by atoms with van der Waals surface area (Å²) < 4.78 is 84.7. The van der Waals surface area contributed by atoms with Crippen LogP contribution in [0.15, 0.2) is 71.7 Å². The van der Waals surface area contributed by atoms with E-state index in [9.17, 15) is 31.9 Å². The van der Waals surface area contributed by atoms with Crippen LogP contribution >= 0.6 is 0 Å². The largest absolute Gasteiger partial charge is 0.466 e. The van der Waals surface area contributed by atoms with E-state index in [0.29, 0.717) is 22.9 Å².